The number of nitrogens with zero attached hydrogens (tertiary/aromatic N) is 6. The lowest BCUT2D eigenvalue weighted by Crippen LogP contribution is -2.54. The van der Waals surface area contributed by atoms with E-state index >= 15 is 0 Å². The summed E-state index contributed by atoms with van der Waals surface area (Å²) in [6.45, 7) is 12.7. The molecule has 0 aliphatic carbocycles. The largest absolute Gasteiger partial charge is 0.433 e. The molecular weight excluding hydrogens is 702 g/mol. The van der Waals surface area contributed by atoms with Gasteiger partial charge in [0.1, 0.15) is 0 Å². The number of hydrogen-bond acceptors (Lipinski definition) is 12. The Morgan fingerprint density at radius 3 is 0.926 bits per heavy atom. The topological polar surface area (TPSA) is 218 Å². The lowest BCUT2D eigenvalue weighted by molar-refractivity contribution is 0.149. The minimum absolute atomic E-state index is 0.158. The summed E-state index contributed by atoms with van der Waals surface area (Å²) in [6.07, 6.45) is 8.18. The van der Waals surface area contributed by atoms with Crippen LogP contribution in [0, 0.1) is 0 Å². The van der Waals surface area contributed by atoms with E-state index in [4.69, 9.17) is 14.5 Å². The van der Waals surface area contributed by atoms with Crippen molar-refractivity contribution in [3.8, 4) is 0 Å². The number of amides is 3. The van der Waals surface area contributed by atoms with Crippen LogP contribution in [0.4, 0.5) is 14.4 Å². The molecule has 54 heavy (non-hydrogen) atoms. The van der Waals surface area contributed by atoms with Gasteiger partial charge in [-0.3, -0.25) is 14.5 Å². The number of hydrogen-bond donors (Lipinski definition) is 3. The van der Waals surface area contributed by atoms with E-state index in [1.165, 1.54) is 0 Å². The zero-order valence-corrected chi connectivity index (χ0v) is 33.2. The fourth-order valence-corrected chi connectivity index (χ4v) is 4.72. The summed E-state index contributed by atoms with van der Waals surface area (Å²) in [5.74, 6) is 0. The van der Waals surface area contributed by atoms with E-state index in [0.717, 1.165) is 33.0 Å². The van der Waals surface area contributed by atoms with Gasteiger partial charge in [-0.2, -0.15) is 0 Å². The van der Waals surface area contributed by atoms with Crippen LogP contribution in [-0.4, -0.2) is 68.8 Å². The Kier molecular flexibility index (Phi) is 25.1. The van der Waals surface area contributed by atoms with E-state index in [1.807, 2.05) is 20.8 Å². The Morgan fingerprint density at radius 2 is 0.685 bits per heavy atom. The van der Waals surface area contributed by atoms with Crippen LogP contribution >= 0.6 is 0 Å². The molecule has 3 amide bonds. The van der Waals surface area contributed by atoms with Crippen LogP contribution in [0.2, 0.25) is 0 Å². The molecular formula is C36H63N9O9. The van der Waals surface area contributed by atoms with Gasteiger partial charge in [-0.05, 0) is 78.6 Å². The maximum atomic E-state index is 13.4. The van der Waals surface area contributed by atoms with Crippen molar-refractivity contribution in [3.05, 3.63) is 31.5 Å². The summed E-state index contributed by atoms with van der Waals surface area (Å²) < 4.78 is 3.42. The molecule has 0 aliphatic heterocycles. The summed E-state index contributed by atoms with van der Waals surface area (Å²) in [6, 6.07) is 0. The molecule has 0 fully saturated rings. The first-order valence-electron chi connectivity index (χ1n) is 19.3. The average molecular weight is 766 g/mol. The van der Waals surface area contributed by atoms with Gasteiger partial charge in [0.15, 0.2) is 0 Å². The van der Waals surface area contributed by atoms with Crippen molar-refractivity contribution in [1.82, 2.24) is 29.7 Å². The van der Waals surface area contributed by atoms with Crippen molar-refractivity contribution < 1.29 is 28.9 Å². The van der Waals surface area contributed by atoms with Gasteiger partial charge in [-0.25, -0.2) is 42.5 Å². The van der Waals surface area contributed by atoms with Crippen LogP contribution in [0.3, 0.4) is 0 Å². The standard InChI is InChI=1S/C36H63N9O9/c1-7-28(4)40-52-31(46)37-22-16-10-13-19-25-43-34(49)44(26-20-14-11-17-23-38-32(47)53-41-29(5)8-2)36(51)45(35(43)50)27-21-15-12-18-24-39-33(48)54-42-30(6)9-3/h7-27H2,1-6H3,(H,37,46)(H,38,47)(H,39,48)/b40-28-,41-29+,42-30+. The fourth-order valence-electron chi connectivity index (χ4n) is 4.72. The molecule has 3 N–H and O–H groups in total. The second-order valence-electron chi connectivity index (χ2n) is 13.0. The molecule has 0 saturated heterocycles. The van der Waals surface area contributed by atoms with Crippen LogP contribution < -0.4 is 33.0 Å². The van der Waals surface area contributed by atoms with Crippen LogP contribution in [0.25, 0.3) is 0 Å². The minimum atomic E-state index is -0.627. The van der Waals surface area contributed by atoms with E-state index in [2.05, 4.69) is 31.4 Å². The molecule has 0 atom stereocenters. The smallest absolute Gasteiger partial charge is 0.320 e. The van der Waals surface area contributed by atoms with Crippen molar-refractivity contribution >= 4 is 35.4 Å². The Hall–Kier alpha value is -4.77. The molecule has 0 spiro atoms. The zero-order chi connectivity index (χ0) is 40.1. The van der Waals surface area contributed by atoms with Crippen molar-refractivity contribution in [2.45, 2.75) is 157 Å². The number of unbranched alkanes of at least 4 members (excludes halogenated alkanes) is 9. The summed E-state index contributed by atoms with van der Waals surface area (Å²) in [5.41, 5.74) is 0.244. The SMILES string of the molecule is CC/C(C)=N\OC(=O)NCCCCCCn1c(=O)n(CCCCCCNC(=O)O/N=C(\C)CC)c(=O)n(CCCCCCNC(=O)O/N=C(\C)CC)c1=O. The molecule has 1 rings (SSSR count). The van der Waals surface area contributed by atoms with Crippen LogP contribution in [0.1, 0.15) is 138 Å². The Balaban J connectivity index is 2.76. The predicted octanol–water partition coefficient (Wildman–Crippen LogP) is 5.39. The van der Waals surface area contributed by atoms with Gasteiger partial charge in [0.2, 0.25) is 0 Å². The van der Waals surface area contributed by atoms with Gasteiger partial charge in [0, 0.05) is 39.3 Å². The molecule has 18 nitrogen and oxygen atoms in total. The summed E-state index contributed by atoms with van der Waals surface area (Å²) in [5, 5.41) is 19.1. The quantitative estimate of drug-likeness (QED) is 0.0452. The Labute approximate surface area is 317 Å². The van der Waals surface area contributed by atoms with Gasteiger partial charge < -0.3 is 16.0 Å². The van der Waals surface area contributed by atoms with E-state index < -0.39 is 35.3 Å². The molecule has 0 saturated carbocycles. The number of carbonyl (C=O) groups excluding carboxylic acids is 3. The number of carbonyl (C=O) groups is 3. The number of rotatable bonds is 27. The van der Waals surface area contributed by atoms with Crippen molar-refractivity contribution in [2.24, 2.45) is 15.5 Å². The molecule has 0 radical (unpaired) electrons. The van der Waals surface area contributed by atoms with Crippen molar-refractivity contribution in [3.63, 3.8) is 0 Å². The van der Waals surface area contributed by atoms with E-state index in [1.54, 1.807) is 20.8 Å². The Morgan fingerprint density at radius 1 is 0.444 bits per heavy atom. The first-order valence-corrected chi connectivity index (χ1v) is 19.3. The predicted molar refractivity (Wildman–Crippen MR) is 208 cm³/mol. The lowest BCUT2D eigenvalue weighted by Gasteiger charge is -2.14. The van der Waals surface area contributed by atoms with Crippen LogP contribution in [-0.2, 0) is 34.1 Å². The molecule has 0 bridgehead atoms. The van der Waals surface area contributed by atoms with Crippen LogP contribution in [0.5, 0.6) is 0 Å². The second kappa shape index (κ2) is 28.7. The molecule has 1 aromatic rings. The van der Waals surface area contributed by atoms with Gasteiger partial charge in [0.25, 0.3) is 0 Å². The third kappa shape index (κ3) is 20.5. The fraction of sp³-hybridized carbons (Fsp3) is 0.750. The maximum Gasteiger partial charge on any atom is 0.433 e. The number of aromatic nitrogens is 3. The highest BCUT2D eigenvalue weighted by Crippen LogP contribution is 2.04. The highest BCUT2D eigenvalue weighted by Gasteiger charge is 2.15. The third-order valence-corrected chi connectivity index (χ3v) is 8.51. The van der Waals surface area contributed by atoms with Gasteiger partial charge >= 0.3 is 35.3 Å². The molecule has 1 heterocycles. The molecule has 1 aromatic heterocycles. The zero-order valence-electron chi connectivity index (χ0n) is 33.2. The van der Waals surface area contributed by atoms with E-state index in [0.29, 0.717) is 114 Å². The van der Waals surface area contributed by atoms with Crippen molar-refractivity contribution in [2.75, 3.05) is 19.6 Å². The summed E-state index contributed by atoms with van der Waals surface area (Å²) in [4.78, 5) is 89.9. The lowest BCUT2D eigenvalue weighted by atomic mass is 10.2. The average Bonchev–Trinajstić information content (AvgIpc) is 3.16. The molecule has 0 aromatic carbocycles. The highest BCUT2D eigenvalue weighted by atomic mass is 16.7. The van der Waals surface area contributed by atoms with Gasteiger partial charge in [0.05, 0.1) is 17.1 Å². The highest BCUT2D eigenvalue weighted by molar-refractivity contribution is 5.82. The van der Waals surface area contributed by atoms with Crippen molar-refractivity contribution in [1.29, 1.82) is 0 Å². The monoisotopic (exact) mass is 765 g/mol. The normalized spacial score (nSPS) is 12.0. The molecule has 18 heteroatoms. The summed E-state index contributed by atoms with van der Waals surface area (Å²) >= 11 is 0. The first kappa shape index (κ1) is 47.3. The Bertz CT molecular complexity index is 1350. The second-order valence-corrected chi connectivity index (χ2v) is 13.0. The molecule has 306 valence electrons. The third-order valence-electron chi connectivity index (χ3n) is 8.51. The van der Waals surface area contributed by atoms with Crippen LogP contribution in [0.15, 0.2) is 29.9 Å². The number of nitrogens with one attached hydrogen (secondary N) is 3. The maximum absolute atomic E-state index is 13.4. The minimum Gasteiger partial charge on any atom is -0.320 e. The van der Waals surface area contributed by atoms with Gasteiger partial charge in [-0.15, -0.1) is 0 Å². The number of oxime groups is 3. The molecule has 0 unspecified atom stereocenters. The van der Waals surface area contributed by atoms with E-state index in [-0.39, 0.29) is 19.6 Å². The first-order chi connectivity index (χ1) is 25.9. The summed E-state index contributed by atoms with van der Waals surface area (Å²) in [7, 11) is 0. The van der Waals surface area contributed by atoms with Gasteiger partial charge in [-0.1, -0.05) is 74.8 Å². The van der Waals surface area contributed by atoms with E-state index in [9.17, 15) is 28.8 Å². The molecule has 0 aliphatic rings.